The molecule has 1 aliphatic carbocycles. The number of carbonyl (C=O) groups excluding carboxylic acids is 3. The first-order valence-corrected chi connectivity index (χ1v) is 13.3. The van der Waals surface area contributed by atoms with Crippen LogP contribution in [0.5, 0.6) is 0 Å². The molecule has 6 rings (SSSR count). The maximum Gasteiger partial charge on any atom is 0.411 e. The fourth-order valence-corrected chi connectivity index (χ4v) is 5.66. The number of alkyl halides is 3. The van der Waals surface area contributed by atoms with Gasteiger partial charge in [-0.15, -0.1) is 0 Å². The van der Waals surface area contributed by atoms with Gasteiger partial charge in [0.1, 0.15) is 25.0 Å². The Morgan fingerprint density at radius 1 is 1.14 bits per heavy atom. The van der Waals surface area contributed by atoms with Crippen molar-refractivity contribution in [3.63, 3.8) is 0 Å². The second-order valence-corrected chi connectivity index (χ2v) is 10.9. The van der Waals surface area contributed by atoms with Crippen LogP contribution in [0, 0.1) is 11.7 Å². The summed E-state index contributed by atoms with van der Waals surface area (Å²) < 4.78 is 68.7. The van der Waals surface area contributed by atoms with Crippen molar-refractivity contribution < 1.29 is 41.4 Å². The molecule has 2 aromatic carbocycles. The van der Waals surface area contributed by atoms with Crippen LogP contribution < -0.4 is 0 Å². The van der Waals surface area contributed by atoms with E-state index in [4.69, 9.17) is 9.47 Å². The lowest BCUT2D eigenvalue weighted by molar-refractivity contribution is -0.196. The van der Waals surface area contributed by atoms with Crippen molar-refractivity contribution in [2.24, 2.45) is 13.0 Å². The SMILES string of the molecule is Cn1cc(-c2ccc3c(c2)C(=O)OCC32CN(CC(=O)N(Cc3ccc(F)cc3)[C@@H](C3CC3)C(F)(F)F)C(=O)O2)cn1. The van der Waals surface area contributed by atoms with Gasteiger partial charge in [-0.3, -0.25) is 14.4 Å². The van der Waals surface area contributed by atoms with E-state index in [0.29, 0.717) is 29.5 Å². The minimum atomic E-state index is -4.70. The molecule has 2 amide bonds. The molecule has 220 valence electrons. The zero-order valence-corrected chi connectivity index (χ0v) is 22.4. The summed E-state index contributed by atoms with van der Waals surface area (Å²) in [6.07, 6.45) is -1.60. The fourth-order valence-electron chi connectivity index (χ4n) is 5.66. The molecule has 1 saturated carbocycles. The molecule has 3 aliphatic rings. The molecule has 2 aliphatic heterocycles. The van der Waals surface area contributed by atoms with Crippen LogP contribution >= 0.6 is 0 Å². The summed E-state index contributed by atoms with van der Waals surface area (Å²) in [5.41, 5.74) is 0.867. The minimum absolute atomic E-state index is 0.174. The Morgan fingerprint density at radius 3 is 2.52 bits per heavy atom. The number of fused-ring (bicyclic) bond motifs is 2. The van der Waals surface area contributed by atoms with Gasteiger partial charge in [0.15, 0.2) is 5.60 Å². The highest BCUT2D eigenvalue weighted by Gasteiger charge is 2.55. The van der Waals surface area contributed by atoms with Crippen molar-refractivity contribution in [1.29, 1.82) is 0 Å². The lowest BCUT2D eigenvalue weighted by Crippen LogP contribution is -2.53. The quantitative estimate of drug-likeness (QED) is 0.301. The standard InChI is InChI=1S/C29H26F4N4O5/c1-35-13-20(11-34-35)19-6-9-23-22(10-19)26(39)41-16-28(23)15-36(27(40)42-28)14-24(38)37(12-17-2-7-21(30)8-3-17)25(18-4-5-18)29(31,32)33/h2-3,6-11,13,18,25H,4-5,12,14-16H2,1H3/t25-,28?/m0/s1. The summed E-state index contributed by atoms with van der Waals surface area (Å²) in [5, 5.41) is 4.13. The number of nitrogens with zero attached hydrogens (tertiary/aromatic N) is 4. The largest absolute Gasteiger partial charge is 0.457 e. The van der Waals surface area contributed by atoms with E-state index in [-0.39, 0.29) is 18.7 Å². The van der Waals surface area contributed by atoms with E-state index in [2.05, 4.69) is 5.10 Å². The molecule has 2 atom stereocenters. The molecule has 0 radical (unpaired) electrons. The molecule has 42 heavy (non-hydrogen) atoms. The highest BCUT2D eigenvalue weighted by Crippen LogP contribution is 2.44. The summed E-state index contributed by atoms with van der Waals surface area (Å²) in [5.74, 6) is -2.86. The molecular formula is C29H26F4N4O5. The van der Waals surface area contributed by atoms with Gasteiger partial charge in [0, 0.05) is 30.9 Å². The Morgan fingerprint density at radius 2 is 1.88 bits per heavy atom. The highest BCUT2D eigenvalue weighted by atomic mass is 19.4. The van der Waals surface area contributed by atoms with Gasteiger partial charge in [-0.1, -0.05) is 24.3 Å². The minimum Gasteiger partial charge on any atom is -0.457 e. The van der Waals surface area contributed by atoms with E-state index >= 15 is 0 Å². The van der Waals surface area contributed by atoms with Crippen molar-refractivity contribution in [3.8, 4) is 11.1 Å². The number of hydrogen-bond donors (Lipinski definition) is 0. The Hall–Kier alpha value is -4.42. The summed E-state index contributed by atoms with van der Waals surface area (Å²) >= 11 is 0. The van der Waals surface area contributed by atoms with E-state index in [1.54, 1.807) is 42.3 Å². The van der Waals surface area contributed by atoms with Crippen molar-refractivity contribution >= 4 is 18.0 Å². The van der Waals surface area contributed by atoms with Crippen LogP contribution in [0.1, 0.15) is 34.3 Å². The monoisotopic (exact) mass is 586 g/mol. The smallest absolute Gasteiger partial charge is 0.411 e. The molecule has 2 fully saturated rings. The van der Waals surface area contributed by atoms with Gasteiger partial charge in [-0.25, -0.2) is 14.0 Å². The number of esters is 1. The van der Waals surface area contributed by atoms with Gasteiger partial charge in [0.05, 0.1) is 18.3 Å². The number of rotatable bonds is 7. The predicted molar refractivity (Wildman–Crippen MR) is 138 cm³/mol. The van der Waals surface area contributed by atoms with E-state index in [1.807, 2.05) is 0 Å². The topological polar surface area (TPSA) is 94.0 Å². The number of aryl methyl sites for hydroxylation is 1. The molecule has 1 saturated heterocycles. The summed E-state index contributed by atoms with van der Waals surface area (Å²) in [7, 11) is 1.75. The number of cyclic esters (lactones) is 1. The van der Waals surface area contributed by atoms with Gasteiger partial charge in [-0.05, 0) is 48.1 Å². The van der Waals surface area contributed by atoms with E-state index < -0.39 is 60.6 Å². The molecule has 13 heteroatoms. The number of benzene rings is 2. The molecule has 9 nitrogen and oxygen atoms in total. The molecule has 0 N–H and O–H groups in total. The Labute approximate surface area is 237 Å². The van der Waals surface area contributed by atoms with E-state index in [1.165, 1.54) is 12.1 Å². The fraction of sp³-hybridized carbons (Fsp3) is 0.379. The first kappa shape index (κ1) is 27.7. The summed E-state index contributed by atoms with van der Waals surface area (Å²) in [4.78, 5) is 41.0. The van der Waals surface area contributed by atoms with Crippen LogP contribution in [0.3, 0.4) is 0 Å². The zero-order chi connectivity index (χ0) is 29.8. The van der Waals surface area contributed by atoms with Crippen molar-refractivity contribution in [3.05, 3.63) is 77.4 Å². The van der Waals surface area contributed by atoms with E-state index in [9.17, 15) is 31.9 Å². The average Bonchev–Trinajstić information content (AvgIpc) is 3.59. The first-order chi connectivity index (χ1) is 19.9. The van der Waals surface area contributed by atoms with Crippen LogP contribution in [-0.4, -0.2) is 69.5 Å². The molecule has 1 aromatic heterocycles. The second kappa shape index (κ2) is 10.1. The molecule has 1 spiro atoms. The number of carbonyl (C=O) groups is 3. The number of aromatic nitrogens is 2. The average molecular weight is 587 g/mol. The number of hydrogen-bond acceptors (Lipinski definition) is 6. The van der Waals surface area contributed by atoms with Crippen molar-refractivity contribution in [1.82, 2.24) is 19.6 Å². The normalized spacial score (nSPS) is 20.7. The molecule has 1 unspecified atom stereocenters. The Kier molecular flexibility index (Phi) is 6.70. The third-order valence-corrected chi connectivity index (χ3v) is 7.84. The van der Waals surface area contributed by atoms with E-state index in [0.717, 1.165) is 27.5 Å². The molecular weight excluding hydrogens is 560 g/mol. The van der Waals surface area contributed by atoms with Gasteiger partial charge in [0.2, 0.25) is 5.91 Å². The molecule has 0 bridgehead atoms. The van der Waals surface area contributed by atoms with Crippen molar-refractivity contribution in [2.45, 2.75) is 37.2 Å². The van der Waals surface area contributed by atoms with Crippen LogP contribution in [0.25, 0.3) is 11.1 Å². The van der Waals surface area contributed by atoms with Gasteiger partial charge < -0.3 is 14.4 Å². The Balaban J connectivity index is 1.26. The van der Waals surface area contributed by atoms with Crippen LogP contribution in [-0.2, 0) is 33.5 Å². The molecule has 3 heterocycles. The van der Waals surface area contributed by atoms with Gasteiger partial charge in [0.25, 0.3) is 0 Å². The van der Waals surface area contributed by atoms with Gasteiger partial charge >= 0.3 is 18.2 Å². The lowest BCUT2D eigenvalue weighted by Gasteiger charge is -2.35. The zero-order valence-electron chi connectivity index (χ0n) is 22.4. The van der Waals surface area contributed by atoms with Crippen LogP contribution in [0.2, 0.25) is 0 Å². The highest BCUT2D eigenvalue weighted by molar-refractivity contribution is 5.95. The Bertz CT molecular complexity index is 1550. The molecule has 3 aromatic rings. The summed E-state index contributed by atoms with van der Waals surface area (Å²) in [6, 6.07) is 7.80. The third kappa shape index (κ3) is 5.19. The third-order valence-electron chi connectivity index (χ3n) is 7.84. The van der Waals surface area contributed by atoms with Gasteiger partial charge in [-0.2, -0.15) is 18.3 Å². The number of halogens is 4. The maximum absolute atomic E-state index is 14.2. The number of amides is 2. The summed E-state index contributed by atoms with van der Waals surface area (Å²) in [6.45, 7) is -1.62. The van der Waals surface area contributed by atoms with Crippen molar-refractivity contribution in [2.75, 3.05) is 19.7 Å². The van der Waals surface area contributed by atoms with Crippen LogP contribution in [0.15, 0.2) is 54.9 Å². The second-order valence-electron chi connectivity index (χ2n) is 10.9. The lowest BCUT2D eigenvalue weighted by atomic mass is 9.86. The van der Waals surface area contributed by atoms with Crippen LogP contribution in [0.4, 0.5) is 22.4 Å². The maximum atomic E-state index is 14.2. The first-order valence-electron chi connectivity index (χ1n) is 13.3. The number of ether oxygens (including phenoxy) is 2. The predicted octanol–water partition coefficient (Wildman–Crippen LogP) is 4.41.